The minimum atomic E-state index is -0.0724. The number of carbonyl (C=O) groups is 2. The molecule has 0 bridgehead atoms. The third-order valence-corrected chi connectivity index (χ3v) is 6.18. The van der Waals surface area contributed by atoms with Crippen LogP contribution in [0.3, 0.4) is 0 Å². The number of thiophene rings is 1. The number of ether oxygens (including phenoxy) is 1. The van der Waals surface area contributed by atoms with Gasteiger partial charge in [-0.2, -0.15) is 11.3 Å². The second-order valence-corrected chi connectivity index (χ2v) is 7.99. The van der Waals surface area contributed by atoms with Crippen molar-refractivity contribution in [1.29, 1.82) is 0 Å². The third kappa shape index (κ3) is 3.68. The van der Waals surface area contributed by atoms with Gasteiger partial charge in [0.05, 0.1) is 11.6 Å². The number of amides is 2. The first-order valence-corrected chi connectivity index (χ1v) is 10.6. The van der Waals surface area contributed by atoms with Gasteiger partial charge in [-0.1, -0.05) is 0 Å². The summed E-state index contributed by atoms with van der Waals surface area (Å²) >= 11 is 1.53. The average molecular weight is 404 g/mol. The molecule has 2 amide bonds. The molecule has 9 heteroatoms. The Balaban J connectivity index is 1.53. The highest BCUT2D eigenvalue weighted by molar-refractivity contribution is 7.08. The van der Waals surface area contributed by atoms with E-state index in [-0.39, 0.29) is 24.5 Å². The van der Waals surface area contributed by atoms with Crippen molar-refractivity contribution in [2.75, 3.05) is 33.4 Å². The molecular weight excluding hydrogens is 378 g/mol. The van der Waals surface area contributed by atoms with E-state index in [1.165, 1.54) is 11.3 Å². The number of piperidine rings is 1. The molecule has 0 radical (unpaired) electrons. The number of methoxy groups -OCH3 is 1. The molecule has 0 aliphatic carbocycles. The van der Waals surface area contributed by atoms with Crippen molar-refractivity contribution in [2.45, 2.75) is 38.3 Å². The van der Waals surface area contributed by atoms with E-state index in [0.717, 1.165) is 43.0 Å². The SMILES string of the molecule is COCC(=O)N1CCCCC1c1nnc2n1CCN(C(=O)c1ccsc1)CC2. The Hall–Kier alpha value is -2.26. The first-order valence-electron chi connectivity index (χ1n) is 9.71. The Morgan fingerprint density at radius 2 is 2.11 bits per heavy atom. The molecule has 2 aromatic rings. The van der Waals surface area contributed by atoms with Gasteiger partial charge in [-0.25, -0.2) is 0 Å². The number of hydrogen-bond donors (Lipinski definition) is 0. The molecule has 28 heavy (non-hydrogen) atoms. The summed E-state index contributed by atoms with van der Waals surface area (Å²) in [5.74, 6) is 1.79. The maximum atomic E-state index is 12.7. The minimum absolute atomic E-state index is 0.00701. The zero-order valence-electron chi connectivity index (χ0n) is 16.0. The van der Waals surface area contributed by atoms with Crippen molar-refractivity contribution in [2.24, 2.45) is 0 Å². The fraction of sp³-hybridized carbons (Fsp3) is 0.579. The maximum Gasteiger partial charge on any atom is 0.254 e. The van der Waals surface area contributed by atoms with Gasteiger partial charge in [0.2, 0.25) is 5.91 Å². The van der Waals surface area contributed by atoms with Crippen molar-refractivity contribution in [1.82, 2.24) is 24.6 Å². The van der Waals surface area contributed by atoms with E-state index in [0.29, 0.717) is 26.1 Å². The third-order valence-electron chi connectivity index (χ3n) is 5.50. The van der Waals surface area contributed by atoms with Crippen LogP contribution < -0.4 is 0 Å². The molecule has 1 saturated heterocycles. The topological polar surface area (TPSA) is 80.6 Å². The second-order valence-electron chi connectivity index (χ2n) is 7.21. The Labute approximate surface area is 168 Å². The Kier molecular flexibility index (Phi) is 5.72. The predicted octanol–water partition coefficient (Wildman–Crippen LogP) is 1.74. The molecule has 2 aliphatic heterocycles. The summed E-state index contributed by atoms with van der Waals surface area (Å²) in [6, 6.07) is 1.79. The quantitative estimate of drug-likeness (QED) is 0.777. The molecule has 4 rings (SSSR count). The van der Waals surface area contributed by atoms with Crippen molar-refractivity contribution in [3.8, 4) is 0 Å². The van der Waals surface area contributed by atoms with E-state index >= 15 is 0 Å². The number of fused-ring (bicyclic) bond motifs is 1. The zero-order valence-corrected chi connectivity index (χ0v) is 16.9. The summed E-state index contributed by atoms with van der Waals surface area (Å²) in [4.78, 5) is 29.0. The molecule has 0 spiro atoms. The molecule has 0 aromatic carbocycles. The van der Waals surface area contributed by atoms with Crippen LogP contribution in [0.4, 0.5) is 0 Å². The van der Waals surface area contributed by atoms with Crippen LogP contribution >= 0.6 is 11.3 Å². The van der Waals surface area contributed by atoms with Gasteiger partial charge in [-0.3, -0.25) is 9.59 Å². The van der Waals surface area contributed by atoms with Gasteiger partial charge in [0.25, 0.3) is 5.91 Å². The number of carbonyl (C=O) groups excluding carboxylic acids is 2. The number of hydrogen-bond acceptors (Lipinski definition) is 6. The average Bonchev–Trinajstić information content (AvgIpc) is 3.34. The van der Waals surface area contributed by atoms with Crippen LogP contribution in [0.2, 0.25) is 0 Å². The van der Waals surface area contributed by atoms with Gasteiger partial charge in [-0.05, 0) is 30.7 Å². The second kappa shape index (κ2) is 8.40. The fourth-order valence-electron chi connectivity index (χ4n) is 4.07. The number of nitrogens with zero attached hydrogens (tertiary/aromatic N) is 5. The molecule has 0 N–H and O–H groups in total. The molecule has 1 fully saturated rings. The van der Waals surface area contributed by atoms with Gasteiger partial charge in [0.1, 0.15) is 12.4 Å². The van der Waals surface area contributed by atoms with Crippen LogP contribution in [0.25, 0.3) is 0 Å². The van der Waals surface area contributed by atoms with Gasteiger partial charge < -0.3 is 19.1 Å². The van der Waals surface area contributed by atoms with Crippen molar-refractivity contribution in [3.05, 3.63) is 34.0 Å². The van der Waals surface area contributed by atoms with E-state index in [1.807, 2.05) is 26.6 Å². The maximum absolute atomic E-state index is 12.7. The van der Waals surface area contributed by atoms with Gasteiger partial charge >= 0.3 is 0 Å². The van der Waals surface area contributed by atoms with Gasteiger partial charge in [0.15, 0.2) is 5.82 Å². The fourth-order valence-corrected chi connectivity index (χ4v) is 4.70. The van der Waals surface area contributed by atoms with Crippen LogP contribution in [-0.2, 0) is 22.5 Å². The molecular formula is C19H25N5O3S. The summed E-state index contributed by atoms with van der Waals surface area (Å²) in [6.45, 7) is 2.70. The van der Waals surface area contributed by atoms with E-state index in [9.17, 15) is 9.59 Å². The minimum Gasteiger partial charge on any atom is -0.375 e. The standard InChI is InChI=1S/C19H25N5O3S/c1-27-12-17(25)23-7-3-2-4-15(23)18-21-20-16-5-8-22(9-10-24(16)18)19(26)14-6-11-28-13-14/h6,11,13,15H,2-5,7-10,12H2,1H3. The lowest BCUT2D eigenvalue weighted by Gasteiger charge is -2.35. The molecule has 2 aliphatic rings. The molecule has 1 unspecified atom stereocenters. The van der Waals surface area contributed by atoms with Crippen molar-refractivity contribution >= 4 is 23.2 Å². The number of likely N-dealkylation sites (tertiary alicyclic amines) is 1. The van der Waals surface area contributed by atoms with Crippen molar-refractivity contribution in [3.63, 3.8) is 0 Å². The first kappa shape index (κ1) is 19.1. The van der Waals surface area contributed by atoms with Crippen LogP contribution in [0, 0.1) is 0 Å². The van der Waals surface area contributed by atoms with Crippen LogP contribution in [-0.4, -0.2) is 69.7 Å². The van der Waals surface area contributed by atoms with Gasteiger partial charge in [-0.15, -0.1) is 10.2 Å². The first-order chi connectivity index (χ1) is 13.7. The molecule has 0 saturated carbocycles. The highest BCUT2D eigenvalue weighted by Crippen LogP contribution is 2.31. The molecule has 8 nitrogen and oxygen atoms in total. The van der Waals surface area contributed by atoms with Gasteiger partial charge in [0, 0.05) is 45.1 Å². The highest BCUT2D eigenvalue weighted by atomic mass is 32.1. The van der Waals surface area contributed by atoms with Crippen LogP contribution in [0.15, 0.2) is 16.8 Å². The Morgan fingerprint density at radius 3 is 2.89 bits per heavy atom. The van der Waals surface area contributed by atoms with Crippen molar-refractivity contribution < 1.29 is 14.3 Å². The Bertz CT molecular complexity index is 835. The summed E-state index contributed by atoms with van der Waals surface area (Å²) in [6.07, 6.45) is 3.61. The summed E-state index contributed by atoms with van der Waals surface area (Å²) < 4.78 is 7.17. The zero-order chi connectivity index (χ0) is 19.5. The highest BCUT2D eigenvalue weighted by Gasteiger charge is 2.33. The molecule has 4 heterocycles. The van der Waals surface area contributed by atoms with E-state index in [4.69, 9.17) is 4.74 Å². The van der Waals surface area contributed by atoms with Crippen LogP contribution in [0.5, 0.6) is 0 Å². The molecule has 1 atom stereocenters. The summed E-state index contributed by atoms with van der Waals surface area (Å²) in [5, 5.41) is 12.7. The lowest BCUT2D eigenvalue weighted by atomic mass is 10.0. The lowest BCUT2D eigenvalue weighted by molar-refractivity contribution is -0.139. The molecule has 150 valence electrons. The number of aromatic nitrogens is 3. The normalized spacial score (nSPS) is 20.0. The van der Waals surface area contributed by atoms with E-state index in [1.54, 1.807) is 7.11 Å². The largest absolute Gasteiger partial charge is 0.375 e. The smallest absolute Gasteiger partial charge is 0.254 e. The Morgan fingerprint density at radius 1 is 1.21 bits per heavy atom. The summed E-state index contributed by atoms with van der Waals surface area (Å²) in [5.41, 5.74) is 0.742. The van der Waals surface area contributed by atoms with E-state index < -0.39 is 0 Å². The lowest BCUT2D eigenvalue weighted by Crippen LogP contribution is -2.41. The monoisotopic (exact) mass is 403 g/mol. The predicted molar refractivity (Wildman–Crippen MR) is 104 cm³/mol. The van der Waals surface area contributed by atoms with E-state index in [2.05, 4.69) is 14.8 Å². The van der Waals surface area contributed by atoms with Crippen LogP contribution in [0.1, 0.15) is 47.3 Å². The summed E-state index contributed by atoms with van der Waals surface area (Å²) in [7, 11) is 1.54. The molecule has 2 aromatic heterocycles. The number of rotatable bonds is 4.